The standard InChI is InChI=1S/C20H28N4O2/c1-23-9-6-16(7-10-23)12-20(25)21-8-11-26-19-5-3-4-17(13-19)18-14-22-24(2)15-18/h3-5,13-16H,6-12H2,1-2H3,(H,21,25). The van der Waals surface area contributed by atoms with E-state index in [9.17, 15) is 4.79 Å². The molecule has 1 aliphatic heterocycles. The number of amides is 1. The van der Waals surface area contributed by atoms with Crippen LogP contribution in [0.3, 0.4) is 0 Å². The van der Waals surface area contributed by atoms with E-state index in [-0.39, 0.29) is 5.91 Å². The fraction of sp³-hybridized carbons (Fsp3) is 0.500. The molecule has 1 fully saturated rings. The van der Waals surface area contributed by atoms with Gasteiger partial charge in [0.2, 0.25) is 5.91 Å². The Morgan fingerprint density at radius 1 is 1.27 bits per heavy atom. The lowest BCUT2D eigenvalue weighted by molar-refractivity contribution is -0.122. The number of hydrogen-bond acceptors (Lipinski definition) is 4. The number of likely N-dealkylation sites (tertiary alicyclic amines) is 1. The predicted octanol–water partition coefficient (Wildman–Crippen LogP) is 2.31. The molecule has 0 radical (unpaired) electrons. The van der Waals surface area contributed by atoms with Crippen LogP contribution in [0.25, 0.3) is 11.1 Å². The van der Waals surface area contributed by atoms with Crippen LogP contribution in [0.2, 0.25) is 0 Å². The lowest BCUT2D eigenvalue weighted by Crippen LogP contribution is -2.34. The lowest BCUT2D eigenvalue weighted by atomic mass is 9.93. The molecule has 1 saturated heterocycles. The van der Waals surface area contributed by atoms with E-state index in [0.29, 0.717) is 25.5 Å². The molecule has 1 aromatic heterocycles. The van der Waals surface area contributed by atoms with Crippen LogP contribution in [0, 0.1) is 5.92 Å². The minimum atomic E-state index is 0.132. The number of carbonyl (C=O) groups excluding carboxylic acids is 1. The van der Waals surface area contributed by atoms with E-state index in [2.05, 4.69) is 22.4 Å². The minimum absolute atomic E-state index is 0.132. The summed E-state index contributed by atoms with van der Waals surface area (Å²) in [6, 6.07) is 7.93. The average molecular weight is 356 g/mol. The first kappa shape index (κ1) is 18.5. The largest absolute Gasteiger partial charge is 0.492 e. The zero-order valence-electron chi connectivity index (χ0n) is 15.6. The SMILES string of the molecule is CN1CCC(CC(=O)NCCOc2cccc(-c3cnn(C)c3)c2)CC1. The maximum Gasteiger partial charge on any atom is 0.220 e. The molecular formula is C20H28N4O2. The highest BCUT2D eigenvalue weighted by atomic mass is 16.5. The van der Waals surface area contributed by atoms with E-state index < -0.39 is 0 Å². The Morgan fingerprint density at radius 3 is 2.81 bits per heavy atom. The summed E-state index contributed by atoms with van der Waals surface area (Å²) in [5.74, 6) is 1.45. The highest BCUT2D eigenvalue weighted by Crippen LogP contribution is 2.23. The number of nitrogens with one attached hydrogen (secondary N) is 1. The molecule has 1 aromatic carbocycles. The molecule has 0 unspecified atom stereocenters. The monoisotopic (exact) mass is 356 g/mol. The van der Waals surface area contributed by atoms with Gasteiger partial charge >= 0.3 is 0 Å². The van der Waals surface area contributed by atoms with Crippen molar-refractivity contribution in [3.05, 3.63) is 36.7 Å². The van der Waals surface area contributed by atoms with Gasteiger partial charge in [-0.3, -0.25) is 9.48 Å². The molecule has 1 aliphatic rings. The second kappa shape index (κ2) is 8.85. The van der Waals surface area contributed by atoms with Crippen molar-refractivity contribution in [2.45, 2.75) is 19.3 Å². The lowest BCUT2D eigenvalue weighted by Gasteiger charge is -2.28. The van der Waals surface area contributed by atoms with E-state index >= 15 is 0 Å². The number of aryl methyl sites for hydroxylation is 1. The topological polar surface area (TPSA) is 59.4 Å². The van der Waals surface area contributed by atoms with Crippen molar-refractivity contribution in [3.8, 4) is 16.9 Å². The van der Waals surface area contributed by atoms with Crippen molar-refractivity contribution in [1.82, 2.24) is 20.0 Å². The van der Waals surface area contributed by atoms with Crippen LogP contribution in [0.15, 0.2) is 36.7 Å². The molecule has 3 rings (SSSR count). The first-order chi connectivity index (χ1) is 12.6. The van der Waals surface area contributed by atoms with Gasteiger partial charge in [0, 0.05) is 25.2 Å². The first-order valence-electron chi connectivity index (χ1n) is 9.27. The third kappa shape index (κ3) is 5.33. The molecular weight excluding hydrogens is 328 g/mol. The van der Waals surface area contributed by atoms with Crippen molar-refractivity contribution in [2.75, 3.05) is 33.3 Å². The van der Waals surface area contributed by atoms with Gasteiger partial charge in [0.1, 0.15) is 12.4 Å². The quantitative estimate of drug-likeness (QED) is 0.774. The molecule has 2 aromatic rings. The summed E-state index contributed by atoms with van der Waals surface area (Å²) in [6.45, 7) is 3.18. The Kier molecular flexibility index (Phi) is 6.28. The van der Waals surface area contributed by atoms with Crippen LogP contribution >= 0.6 is 0 Å². The van der Waals surface area contributed by atoms with Crippen molar-refractivity contribution >= 4 is 5.91 Å². The average Bonchev–Trinajstić information content (AvgIpc) is 3.07. The first-order valence-corrected chi connectivity index (χ1v) is 9.27. The number of ether oxygens (including phenoxy) is 1. The van der Waals surface area contributed by atoms with Crippen molar-refractivity contribution in [2.24, 2.45) is 13.0 Å². The smallest absolute Gasteiger partial charge is 0.220 e. The van der Waals surface area contributed by atoms with E-state index in [1.54, 1.807) is 4.68 Å². The predicted molar refractivity (Wildman–Crippen MR) is 102 cm³/mol. The van der Waals surface area contributed by atoms with Crippen LogP contribution in [-0.4, -0.2) is 53.9 Å². The van der Waals surface area contributed by atoms with Crippen molar-refractivity contribution in [3.63, 3.8) is 0 Å². The van der Waals surface area contributed by atoms with Crippen LogP contribution in [0.1, 0.15) is 19.3 Å². The van der Waals surface area contributed by atoms with Gasteiger partial charge in [-0.25, -0.2) is 0 Å². The van der Waals surface area contributed by atoms with Crippen LogP contribution < -0.4 is 10.1 Å². The molecule has 0 bridgehead atoms. The van der Waals surface area contributed by atoms with Crippen LogP contribution in [0.4, 0.5) is 0 Å². The molecule has 0 atom stereocenters. The number of carbonyl (C=O) groups is 1. The Balaban J connectivity index is 1.39. The van der Waals surface area contributed by atoms with E-state index in [1.165, 1.54) is 0 Å². The summed E-state index contributed by atoms with van der Waals surface area (Å²) in [4.78, 5) is 14.4. The normalized spacial score (nSPS) is 15.8. The zero-order valence-corrected chi connectivity index (χ0v) is 15.6. The molecule has 140 valence electrons. The van der Waals surface area contributed by atoms with Crippen molar-refractivity contribution < 1.29 is 9.53 Å². The van der Waals surface area contributed by atoms with Gasteiger partial charge in [-0.2, -0.15) is 5.10 Å². The summed E-state index contributed by atoms with van der Waals surface area (Å²) < 4.78 is 7.56. The number of benzene rings is 1. The van der Waals surface area contributed by atoms with E-state index in [1.807, 2.05) is 43.7 Å². The summed E-state index contributed by atoms with van der Waals surface area (Å²) in [5.41, 5.74) is 2.13. The van der Waals surface area contributed by atoms with Gasteiger partial charge in [0.25, 0.3) is 0 Å². The number of aromatic nitrogens is 2. The molecule has 6 nitrogen and oxygen atoms in total. The Hall–Kier alpha value is -2.34. The number of hydrogen-bond donors (Lipinski definition) is 1. The minimum Gasteiger partial charge on any atom is -0.492 e. The molecule has 0 saturated carbocycles. The fourth-order valence-corrected chi connectivity index (χ4v) is 3.30. The van der Waals surface area contributed by atoms with Gasteiger partial charge in [0.15, 0.2) is 0 Å². The van der Waals surface area contributed by atoms with Crippen molar-refractivity contribution in [1.29, 1.82) is 0 Å². The highest BCUT2D eigenvalue weighted by Gasteiger charge is 2.19. The molecule has 1 amide bonds. The Labute approximate surface area is 155 Å². The number of rotatable bonds is 7. The molecule has 0 aliphatic carbocycles. The second-order valence-electron chi connectivity index (χ2n) is 7.08. The summed E-state index contributed by atoms with van der Waals surface area (Å²) in [7, 11) is 4.04. The Morgan fingerprint density at radius 2 is 2.08 bits per heavy atom. The highest BCUT2D eigenvalue weighted by molar-refractivity contribution is 5.76. The molecule has 26 heavy (non-hydrogen) atoms. The molecule has 2 heterocycles. The van der Waals surface area contributed by atoms with Crippen LogP contribution in [0.5, 0.6) is 5.75 Å². The number of nitrogens with zero attached hydrogens (tertiary/aromatic N) is 3. The fourth-order valence-electron chi connectivity index (χ4n) is 3.30. The van der Waals surface area contributed by atoms with Gasteiger partial charge in [0.05, 0.1) is 12.7 Å². The summed E-state index contributed by atoms with van der Waals surface area (Å²) in [5, 5.41) is 7.17. The third-order valence-electron chi connectivity index (χ3n) is 4.88. The molecule has 6 heteroatoms. The summed E-state index contributed by atoms with van der Waals surface area (Å²) >= 11 is 0. The van der Waals surface area contributed by atoms with E-state index in [4.69, 9.17) is 4.74 Å². The maximum absolute atomic E-state index is 12.1. The summed E-state index contributed by atoms with van der Waals surface area (Å²) in [6.07, 6.45) is 6.66. The maximum atomic E-state index is 12.1. The van der Waals surface area contributed by atoms with Crippen LogP contribution in [-0.2, 0) is 11.8 Å². The van der Waals surface area contributed by atoms with Gasteiger partial charge < -0.3 is 15.0 Å². The third-order valence-corrected chi connectivity index (χ3v) is 4.88. The Bertz CT molecular complexity index is 720. The van der Waals surface area contributed by atoms with Gasteiger partial charge in [-0.1, -0.05) is 12.1 Å². The molecule has 0 spiro atoms. The second-order valence-corrected chi connectivity index (χ2v) is 7.08. The molecule has 1 N–H and O–H groups in total. The van der Waals surface area contributed by atoms with Gasteiger partial charge in [-0.15, -0.1) is 0 Å². The van der Waals surface area contributed by atoms with E-state index in [0.717, 1.165) is 42.8 Å². The van der Waals surface area contributed by atoms with Gasteiger partial charge in [-0.05, 0) is 56.6 Å². The number of piperidine rings is 1. The zero-order chi connectivity index (χ0) is 18.4.